The van der Waals surface area contributed by atoms with Gasteiger partial charge in [-0.15, -0.1) is 0 Å². The fraction of sp³-hybridized carbons (Fsp3) is 0.133. The number of halogens is 2. The van der Waals surface area contributed by atoms with Crippen LogP contribution in [0.1, 0.15) is 5.56 Å². The number of nitrogens with zero attached hydrogens (tertiary/aromatic N) is 1. The first-order valence-electron chi connectivity index (χ1n) is 6.50. The van der Waals surface area contributed by atoms with Crippen LogP contribution in [-0.4, -0.2) is 17.4 Å². The van der Waals surface area contributed by atoms with E-state index >= 15 is 0 Å². The molecule has 0 aliphatic carbocycles. The van der Waals surface area contributed by atoms with Crippen molar-refractivity contribution < 1.29 is 14.5 Å². The normalized spacial score (nSPS) is 10.2. The van der Waals surface area contributed by atoms with Gasteiger partial charge in [-0.3, -0.25) is 14.9 Å². The maximum absolute atomic E-state index is 12.0. The van der Waals surface area contributed by atoms with Gasteiger partial charge in [-0.2, -0.15) is 0 Å². The Bertz CT molecular complexity index is 742. The van der Waals surface area contributed by atoms with Gasteiger partial charge in [-0.05, 0) is 46.6 Å². The van der Waals surface area contributed by atoms with Gasteiger partial charge in [0.05, 0.1) is 9.40 Å². The number of anilines is 1. The van der Waals surface area contributed by atoms with E-state index in [9.17, 15) is 14.9 Å². The van der Waals surface area contributed by atoms with Crippen molar-refractivity contribution in [2.45, 2.75) is 6.92 Å². The third-order valence-corrected chi connectivity index (χ3v) is 3.96. The van der Waals surface area contributed by atoms with Crippen molar-refractivity contribution in [1.82, 2.24) is 0 Å². The molecule has 8 heteroatoms. The summed E-state index contributed by atoms with van der Waals surface area (Å²) in [5, 5.41) is 13.4. The van der Waals surface area contributed by atoms with Crippen LogP contribution in [0.2, 0.25) is 0 Å². The first kappa shape index (κ1) is 17.4. The van der Waals surface area contributed by atoms with E-state index in [1.165, 1.54) is 18.2 Å². The van der Waals surface area contributed by atoms with E-state index in [4.69, 9.17) is 4.74 Å². The van der Waals surface area contributed by atoms with Crippen molar-refractivity contribution in [1.29, 1.82) is 0 Å². The molecule has 2 aromatic rings. The van der Waals surface area contributed by atoms with Gasteiger partial charge < -0.3 is 10.1 Å². The van der Waals surface area contributed by atoms with E-state index in [2.05, 4.69) is 37.2 Å². The molecule has 2 rings (SSSR count). The van der Waals surface area contributed by atoms with E-state index in [1.54, 1.807) is 6.07 Å². The van der Waals surface area contributed by atoms with Crippen LogP contribution in [-0.2, 0) is 4.79 Å². The molecule has 6 nitrogen and oxygen atoms in total. The summed E-state index contributed by atoms with van der Waals surface area (Å²) in [6.45, 7) is 1.60. The second-order valence-corrected chi connectivity index (χ2v) is 6.41. The average molecular weight is 444 g/mol. The van der Waals surface area contributed by atoms with Gasteiger partial charge in [0, 0.05) is 10.5 Å². The fourth-order valence-electron chi connectivity index (χ4n) is 1.93. The van der Waals surface area contributed by atoms with E-state index in [-0.39, 0.29) is 18.0 Å². The number of nitro groups is 1. The highest BCUT2D eigenvalue weighted by Gasteiger charge is 2.15. The largest absolute Gasteiger partial charge is 0.482 e. The number of carbonyl (C=O) groups excluding carboxylic acids is 1. The summed E-state index contributed by atoms with van der Waals surface area (Å²) < 4.78 is 7.11. The minimum Gasteiger partial charge on any atom is -0.482 e. The van der Waals surface area contributed by atoms with Gasteiger partial charge >= 0.3 is 0 Å². The lowest BCUT2D eigenvalue weighted by molar-refractivity contribution is -0.383. The number of carbonyl (C=O) groups is 1. The number of nitro benzene ring substituents is 1. The zero-order valence-corrected chi connectivity index (χ0v) is 15.2. The molecule has 0 heterocycles. The molecule has 0 spiro atoms. The van der Waals surface area contributed by atoms with E-state index in [1.807, 2.05) is 19.1 Å². The van der Waals surface area contributed by atoms with Crippen LogP contribution in [0.3, 0.4) is 0 Å². The first-order chi connectivity index (χ1) is 10.9. The Balaban J connectivity index is 2.06. The van der Waals surface area contributed by atoms with Crippen molar-refractivity contribution in [2.75, 3.05) is 11.9 Å². The molecule has 23 heavy (non-hydrogen) atoms. The fourth-order valence-corrected chi connectivity index (χ4v) is 3.49. The van der Waals surface area contributed by atoms with E-state index < -0.39 is 10.8 Å². The monoisotopic (exact) mass is 442 g/mol. The maximum Gasteiger partial charge on any atom is 0.292 e. The van der Waals surface area contributed by atoms with Gasteiger partial charge in [-0.25, -0.2) is 0 Å². The topological polar surface area (TPSA) is 81.5 Å². The molecule has 0 aliphatic rings. The van der Waals surface area contributed by atoms with E-state index in [0.29, 0.717) is 10.2 Å². The quantitative estimate of drug-likeness (QED) is 0.546. The van der Waals surface area contributed by atoms with Gasteiger partial charge in [0.25, 0.3) is 11.6 Å². The van der Waals surface area contributed by atoms with Crippen LogP contribution in [0.15, 0.2) is 45.3 Å². The predicted octanol–water partition coefficient (Wildman–Crippen LogP) is 4.45. The molecule has 2 aromatic carbocycles. The zero-order valence-electron chi connectivity index (χ0n) is 12.0. The lowest BCUT2D eigenvalue weighted by atomic mass is 10.2. The Hall–Kier alpha value is -1.93. The summed E-state index contributed by atoms with van der Waals surface area (Å²) in [4.78, 5) is 22.3. The van der Waals surface area contributed by atoms with Crippen molar-refractivity contribution in [3.05, 3.63) is 61.0 Å². The molecule has 0 saturated heterocycles. The predicted molar refractivity (Wildman–Crippen MR) is 93.8 cm³/mol. The molecular formula is C15H12Br2N2O4. The minimum atomic E-state index is -0.550. The molecule has 0 aromatic heterocycles. The Morgan fingerprint density at radius 3 is 2.65 bits per heavy atom. The molecular weight excluding hydrogens is 432 g/mol. The number of hydrogen-bond acceptors (Lipinski definition) is 4. The first-order valence-corrected chi connectivity index (χ1v) is 8.09. The lowest BCUT2D eigenvalue weighted by Gasteiger charge is -2.12. The Morgan fingerprint density at radius 1 is 1.30 bits per heavy atom. The number of benzene rings is 2. The second kappa shape index (κ2) is 7.56. The molecule has 0 saturated carbocycles. The lowest BCUT2D eigenvalue weighted by Crippen LogP contribution is -2.21. The second-order valence-electron chi connectivity index (χ2n) is 4.64. The number of ether oxygens (including phenoxy) is 1. The summed E-state index contributed by atoms with van der Waals surface area (Å²) in [5.41, 5.74) is 0.823. The average Bonchev–Trinajstić information content (AvgIpc) is 2.46. The van der Waals surface area contributed by atoms with Crippen LogP contribution >= 0.6 is 31.9 Å². The molecule has 120 valence electrons. The maximum atomic E-state index is 12.0. The van der Waals surface area contributed by atoms with Crippen LogP contribution in [0.25, 0.3) is 0 Å². The number of amides is 1. The van der Waals surface area contributed by atoms with Gasteiger partial charge in [0.15, 0.2) is 6.61 Å². The number of nitrogens with one attached hydrogen (secondary N) is 1. The van der Waals surface area contributed by atoms with Crippen LogP contribution in [0.4, 0.5) is 11.4 Å². The van der Waals surface area contributed by atoms with Gasteiger partial charge in [0.1, 0.15) is 11.4 Å². The number of aryl methyl sites for hydroxylation is 1. The molecule has 0 radical (unpaired) electrons. The summed E-state index contributed by atoms with van der Waals surface area (Å²) in [7, 11) is 0. The Labute approximate surface area is 149 Å². The van der Waals surface area contributed by atoms with Gasteiger partial charge in [0.2, 0.25) is 0 Å². The summed E-state index contributed by atoms with van der Waals surface area (Å²) in [6.07, 6.45) is 0. The van der Waals surface area contributed by atoms with Crippen molar-refractivity contribution in [2.24, 2.45) is 0 Å². The summed E-state index contributed by atoms with van der Waals surface area (Å²) >= 11 is 6.73. The minimum absolute atomic E-state index is 0.137. The number of hydrogen-bond donors (Lipinski definition) is 1. The SMILES string of the molecule is Cc1cc(Br)cc(Br)c1OCC(=O)Nc1ccccc1[N+](=O)[O-]. The highest BCUT2D eigenvalue weighted by atomic mass is 79.9. The molecule has 0 atom stereocenters. The molecule has 0 fully saturated rings. The summed E-state index contributed by atoms with van der Waals surface area (Å²) in [6, 6.07) is 9.61. The smallest absolute Gasteiger partial charge is 0.292 e. The Morgan fingerprint density at radius 2 is 2.00 bits per heavy atom. The molecule has 0 unspecified atom stereocenters. The number of rotatable bonds is 5. The third kappa shape index (κ3) is 4.52. The standard InChI is InChI=1S/C15H12Br2N2O4/c1-9-6-10(16)7-11(17)15(9)23-8-14(20)18-12-4-2-3-5-13(12)19(21)22/h2-7H,8H2,1H3,(H,18,20). The third-order valence-electron chi connectivity index (χ3n) is 2.92. The highest BCUT2D eigenvalue weighted by Crippen LogP contribution is 2.32. The van der Waals surface area contributed by atoms with Crippen molar-refractivity contribution >= 4 is 49.1 Å². The van der Waals surface area contributed by atoms with Crippen LogP contribution < -0.4 is 10.1 Å². The molecule has 1 amide bonds. The Kier molecular flexibility index (Phi) is 5.73. The zero-order chi connectivity index (χ0) is 17.0. The van der Waals surface area contributed by atoms with Crippen LogP contribution in [0, 0.1) is 17.0 Å². The van der Waals surface area contributed by atoms with Crippen molar-refractivity contribution in [3.8, 4) is 5.75 Å². The molecule has 0 bridgehead atoms. The highest BCUT2D eigenvalue weighted by molar-refractivity contribution is 9.11. The van der Waals surface area contributed by atoms with Crippen molar-refractivity contribution in [3.63, 3.8) is 0 Å². The van der Waals surface area contributed by atoms with Crippen LogP contribution in [0.5, 0.6) is 5.75 Å². The van der Waals surface area contributed by atoms with Gasteiger partial charge in [-0.1, -0.05) is 28.1 Å². The summed E-state index contributed by atoms with van der Waals surface area (Å²) in [5.74, 6) is 0.0689. The molecule has 0 aliphatic heterocycles. The number of para-hydroxylation sites is 2. The molecule has 1 N–H and O–H groups in total. The van der Waals surface area contributed by atoms with E-state index in [0.717, 1.165) is 10.0 Å².